The second kappa shape index (κ2) is 7.05. The SMILES string of the molecule is C[C@H](CO)N(c1cc(Cl)ccc1F)S(=O)(=O)c1ccc(Cl)cc1. The molecule has 0 bridgehead atoms. The number of hydrogen-bond donors (Lipinski definition) is 1. The number of aliphatic hydroxyl groups is 1. The van der Waals surface area contributed by atoms with Gasteiger partial charge in [-0.1, -0.05) is 23.2 Å². The molecule has 0 aliphatic rings. The second-order valence-electron chi connectivity index (χ2n) is 4.88. The van der Waals surface area contributed by atoms with Crippen molar-refractivity contribution in [2.24, 2.45) is 0 Å². The van der Waals surface area contributed by atoms with E-state index in [9.17, 15) is 17.9 Å². The maximum atomic E-state index is 14.2. The average Bonchev–Trinajstić information content (AvgIpc) is 2.51. The van der Waals surface area contributed by atoms with E-state index < -0.39 is 28.5 Å². The van der Waals surface area contributed by atoms with Gasteiger partial charge in [-0.2, -0.15) is 0 Å². The summed E-state index contributed by atoms with van der Waals surface area (Å²) in [5, 5.41) is 9.96. The lowest BCUT2D eigenvalue weighted by Gasteiger charge is -2.29. The fourth-order valence-corrected chi connectivity index (χ4v) is 3.99. The molecule has 0 heterocycles. The Labute approximate surface area is 144 Å². The Bertz CT molecular complexity index is 797. The summed E-state index contributed by atoms with van der Waals surface area (Å²) in [7, 11) is -4.11. The topological polar surface area (TPSA) is 57.6 Å². The molecule has 0 saturated carbocycles. The van der Waals surface area contributed by atoms with E-state index in [1.54, 1.807) is 0 Å². The number of rotatable bonds is 5. The molecule has 0 saturated heterocycles. The van der Waals surface area contributed by atoms with E-state index in [1.165, 1.54) is 43.3 Å². The van der Waals surface area contributed by atoms with E-state index in [1.807, 2.05) is 0 Å². The van der Waals surface area contributed by atoms with Gasteiger partial charge in [-0.3, -0.25) is 4.31 Å². The molecule has 0 amide bonds. The predicted octanol–water partition coefficient (Wildman–Crippen LogP) is 3.71. The second-order valence-corrected chi connectivity index (χ2v) is 7.57. The van der Waals surface area contributed by atoms with Gasteiger partial charge < -0.3 is 5.11 Å². The summed E-state index contributed by atoms with van der Waals surface area (Å²) in [6.45, 7) is 0.979. The minimum absolute atomic E-state index is 0.0680. The van der Waals surface area contributed by atoms with Gasteiger partial charge in [0.05, 0.1) is 23.2 Å². The molecule has 124 valence electrons. The van der Waals surface area contributed by atoms with Gasteiger partial charge in [0.2, 0.25) is 0 Å². The van der Waals surface area contributed by atoms with Gasteiger partial charge in [-0.15, -0.1) is 0 Å². The van der Waals surface area contributed by atoms with Crippen LogP contribution in [0.4, 0.5) is 10.1 Å². The van der Waals surface area contributed by atoms with E-state index in [0.717, 1.165) is 10.4 Å². The highest BCUT2D eigenvalue weighted by atomic mass is 35.5. The molecule has 8 heteroatoms. The number of hydrogen-bond acceptors (Lipinski definition) is 3. The zero-order chi connectivity index (χ0) is 17.2. The van der Waals surface area contributed by atoms with E-state index in [0.29, 0.717) is 5.02 Å². The fraction of sp³-hybridized carbons (Fsp3) is 0.200. The lowest BCUT2D eigenvalue weighted by molar-refractivity contribution is 0.274. The van der Waals surface area contributed by atoms with Crippen LogP contribution in [0, 0.1) is 5.82 Å². The fourth-order valence-electron chi connectivity index (χ4n) is 2.05. The summed E-state index contributed by atoms with van der Waals surface area (Å²) in [5.74, 6) is -0.757. The summed E-state index contributed by atoms with van der Waals surface area (Å²) in [5.41, 5.74) is -0.228. The average molecular weight is 378 g/mol. The molecule has 0 aliphatic heterocycles. The third-order valence-electron chi connectivity index (χ3n) is 3.18. The van der Waals surface area contributed by atoms with Crippen LogP contribution in [0.3, 0.4) is 0 Å². The first-order valence-electron chi connectivity index (χ1n) is 6.63. The number of nitrogens with zero attached hydrogens (tertiary/aromatic N) is 1. The minimum atomic E-state index is -4.11. The van der Waals surface area contributed by atoms with Crippen LogP contribution in [-0.2, 0) is 10.0 Å². The summed E-state index contributed by atoms with van der Waals surface area (Å²) >= 11 is 11.6. The molecule has 4 nitrogen and oxygen atoms in total. The van der Waals surface area contributed by atoms with Crippen molar-refractivity contribution in [1.29, 1.82) is 0 Å². The van der Waals surface area contributed by atoms with Crippen LogP contribution in [0.15, 0.2) is 47.4 Å². The molecular weight excluding hydrogens is 364 g/mol. The molecule has 0 spiro atoms. The van der Waals surface area contributed by atoms with Gasteiger partial charge in [0.25, 0.3) is 10.0 Å². The number of benzene rings is 2. The van der Waals surface area contributed by atoms with Gasteiger partial charge in [-0.25, -0.2) is 12.8 Å². The molecule has 23 heavy (non-hydrogen) atoms. The highest BCUT2D eigenvalue weighted by Gasteiger charge is 2.31. The Kier molecular flexibility index (Phi) is 5.52. The van der Waals surface area contributed by atoms with Gasteiger partial charge in [0, 0.05) is 10.0 Å². The van der Waals surface area contributed by atoms with Gasteiger partial charge in [-0.05, 0) is 49.4 Å². The van der Waals surface area contributed by atoms with E-state index in [-0.39, 0.29) is 15.6 Å². The maximum Gasteiger partial charge on any atom is 0.264 e. The molecule has 0 unspecified atom stereocenters. The zero-order valence-electron chi connectivity index (χ0n) is 12.1. The van der Waals surface area contributed by atoms with E-state index in [4.69, 9.17) is 23.2 Å². The van der Waals surface area contributed by atoms with Crippen molar-refractivity contribution < 1.29 is 17.9 Å². The van der Waals surface area contributed by atoms with Crippen molar-refractivity contribution in [3.05, 3.63) is 58.3 Å². The van der Waals surface area contributed by atoms with Crippen molar-refractivity contribution >= 4 is 38.9 Å². The molecule has 0 fully saturated rings. The number of aliphatic hydroxyl groups excluding tert-OH is 1. The van der Waals surface area contributed by atoms with Gasteiger partial charge in [0.15, 0.2) is 0 Å². The molecule has 2 aromatic carbocycles. The molecule has 1 N–H and O–H groups in total. The smallest absolute Gasteiger partial charge is 0.264 e. The lowest BCUT2D eigenvalue weighted by atomic mass is 10.2. The van der Waals surface area contributed by atoms with Crippen LogP contribution in [0.25, 0.3) is 0 Å². The number of sulfonamides is 1. The molecule has 2 rings (SSSR count). The molecular formula is C15H14Cl2FNO3S. The lowest BCUT2D eigenvalue weighted by Crippen LogP contribution is -2.41. The highest BCUT2D eigenvalue weighted by molar-refractivity contribution is 7.92. The number of anilines is 1. The Morgan fingerprint density at radius 2 is 1.70 bits per heavy atom. The van der Waals surface area contributed by atoms with Gasteiger partial charge in [0.1, 0.15) is 5.82 Å². The monoisotopic (exact) mass is 377 g/mol. The Balaban J connectivity index is 2.63. The van der Waals surface area contributed by atoms with Crippen molar-refractivity contribution in [1.82, 2.24) is 0 Å². The van der Waals surface area contributed by atoms with E-state index >= 15 is 0 Å². The summed E-state index contributed by atoms with van der Waals surface area (Å²) in [4.78, 5) is -0.0680. The number of halogens is 3. The van der Waals surface area contributed by atoms with Crippen LogP contribution >= 0.6 is 23.2 Å². The van der Waals surface area contributed by atoms with Crippen LogP contribution in [0.5, 0.6) is 0 Å². The first-order valence-corrected chi connectivity index (χ1v) is 8.83. The molecule has 0 radical (unpaired) electrons. The first-order chi connectivity index (χ1) is 10.8. The highest BCUT2D eigenvalue weighted by Crippen LogP contribution is 2.31. The van der Waals surface area contributed by atoms with Crippen molar-refractivity contribution in [2.75, 3.05) is 10.9 Å². The van der Waals surface area contributed by atoms with Crippen LogP contribution in [-0.4, -0.2) is 26.2 Å². The molecule has 0 aliphatic carbocycles. The van der Waals surface area contributed by atoms with Crippen molar-refractivity contribution in [2.45, 2.75) is 17.9 Å². The van der Waals surface area contributed by atoms with Gasteiger partial charge >= 0.3 is 0 Å². The van der Waals surface area contributed by atoms with Crippen LogP contribution < -0.4 is 4.31 Å². The summed E-state index contributed by atoms with van der Waals surface area (Å²) in [6.07, 6.45) is 0. The van der Waals surface area contributed by atoms with Crippen molar-refractivity contribution in [3.8, 4) is 0 Å². The summed E-state index contributed by atoms with van der Waals surface area (Å²) < 4.78 is 40.7. The Hall–Kier alpha value is -1.34. The Morgan fingerprint density at radius 1 is 1.13 bits per heavy atom. The predicted molar refractivity (Wildman–Crippen MR) is 89.1 cm³/mol. The summed E-state index contributed by atoms with van der Waals surface area (Å²) in [6, 6.07) is 8.19. The zero-order valence-corrected chi connectivity index (χ0v) is 14.4. The van der Waals surface area contributed by atoms with E-state index in [2.05, 4.69) is 0 Å². The first kappa shape index (κ1) is 18.0. The van der Waals surface area contributed by atoms with Crippen LogP contribution in [0.2, 0.25) is 10.0 Å². The van der Waals surface area contributed by atoms with Crippen molar-refractivity contribution in [3.63, 3.8) is 0 Å². The minimum Gasteiger partial charge on any atom is -0.394 e. The molecule has 2 aromatic rings. The standard InChI is InChI=1S/C15H14Cl2FNO3S/c1-10(9-20)19(15-8-12(17)4-7-14(15)18)23(21,22)13-5-2-11(16)3-6-13/h2-8,10,20H,9H2,1H3/t10-/m1/s1. The largest absolute Gasteiger partial charge is 0.394 e. The third-order valence-corrected chi connectivity index (χ3v) is 5.61. The maximum absolute atomic E-state index is 14.2. The molecule has 0 aromatic heterocycles. The quantitative estimate of drug-likeness (QED) is 0.863. The molecule has 1 atom stereocenters. The Morgan fingerprint density at radius 3 is 2.26 bits per heavy atom. The van der Waals surface area contributed by atoms with Crippen LogP contribution in [0.1, 0.15) is 6.92 Å². The third kappa shape index (κ3) is 3.77. The normalized spacial score (nSPS) is 12.9.